The molecule has 0 atom stereocenters. The van der Waals surface area contributed by atoms with Crippen molar-refractivity contribution in [1.82, 2.24) is 4.98 Å². The minimum absolute atomic E-state index is 0.0336. The lowest BCUT2D eigenvalue weighted by Gasteiger charge is -2.24. The maximum atomic E-state index is 11.7. The largest absolute Gasteiger partial charge is 0.507 e. The van der Waals surface area contributed by atoms with Gasteiger partial charge in [-0.25, -0.2) is 4.79 Å². The Morgan fingerprint density at radius 1 is 1.12 bits per heavy atom. The minimum atomic E-state index is -1.12. The average Bonchev–Trinajstić information content (AvgIpc) is 2.53. The summed E-state index contributed by atoms with van der Waals surface area (Å²) in [4.78, 5) is 16.1. The van der Waals surface area contributed by atoms with Gasteiger partial charge in [0.25, 0.3) is 0 Å². The second kappa shape index (κ2) is 5.88. The summed E-state index contributed by atoms with van der Waals surface area (Å²) in [5.41, 5.74) is 3.37. The van der Waals surface area contributed by atoms with Crippen LogP contribution >= 0.6 is 0 Å². The number of nitrogens with zero attached hydrogens (tertiary/aromatic N) is 1. The van der Waals surface area contributed by atoms with Crippen molar-refractivity contribution < 1.29 is 15.0 Å². The van der Waals surface area contributed by atoms with Crippen LogP contribution < -0.4 is 0 Å². The zero-order chi connectivity index (χ0) is 18.4. The third-order valence-corrected chi connectivity index (χ3v) is 4.50. The van der Waals surface area contributed by atoms with E-state index in [9.17, 15) is 15.0 Å². The lowest BCUT2D eigenvalue weighted by Crippen LogP contribution is -2.15. The lowest BCUT2D eigenvalue weighted by molar-refractivity contribution is 0.0692. The summed E-state index contributed by atoms with van der Waals surface area (Å²) in [5, 5.41) is 21.1. The predicted molar refractivity (Wildman–Crippen MR) is 99.2 cm³/mol. The van der Waals surface area contributed by atoms with Crippen LogP contribution in [0.2, 0.25) is 0 Å². The van der Waals surface area contributed by atoms with Gasteiger partial charge in [0.15, 0.2) is 0 Å². The maximum absolute atomic E-state index is 11.7. The van der Waals surface area contributed by atoms with Crippen LogP contribution in [0.3, 0.4) is 0 Å². The summed E-state index contributed by atoms with van der Waals surface area (Å²) in [7, 11) is 0. The summed E-state index contributed by atoms with van der Waals surface area (Å²) < 4.78 is 0. The van der Waals surface area contributed by atoms with E-state index in [0.29, 0.717) is 11.1 Å². The van der Waals surface area contributed by atoms with Gasteiger partial charge in [0.1, 0.15) is 11.3 Å². The van der Waals surface area contributed by atoms with Crippen LogP contribution in [-0.2, 0) is 5.41 Å². The first-order chi connectivity index (χ1) is 11.7. The molecule has 0 aliphatic heterocycles. The molecule has 0 bridgehead atoms. The SMILES string of the molecule is Cc1c(-c2ccc3ncccc3c2)cc(C(C)(C)C)c(O)c1C(=O)O. The third-order valence-electron chi connectivity index (χ3n) is 4.50. The first kappa shape index (κ1) is 17.0. The second-order valence-electron chi connectivity index (χ2n) is 7.29. The van der Waals surface area contributed by atoms with Gasteiger partial charge >= 0.3 is 5.97 Å². The molecule has 1 aromatic heterocycles. The fourth-order valence-electron chi connectivity index (χ4n) is 3.14. The molecule has 0 aliphatic rings. The van der Waals surface area contributed by atoms with E-state index >= 15 is 0 Å². The Bertz CT molecular complexity index is 984. The number of rotatable bonds is 2. The van der Waals surface area contributed by atoms with Crippen LogP contribution in [0.5, 0.6) is 5.75 Å². The molecular weight excluding hydrogens is 314 g/mol. The molecule has 4 heteroatoms. The molecule has 2 N–H and O–H groups in total. The van der Waals surface area contributed by atoms with Crippen molar-refractivity contribution in [2.75, 3.05) is 0 Å². The molecule has 0 spiro atoms. The van der Waals surface area contributed by atoms with Gasteiger partial charge in [-0.1, -0.05) is 32.9 Å². The molecule has 0 radical (unpaired) electrons. The Kier molecular flexibility index (Phi) is 3.99. The quantitative estimate of drug-likeness (QED) is 0.698. The summed E-state index contributed by atoms with van der Waals surface area (Å²) in [6.45, 7) is 7.60. The van der Waals surface area contributed by atoms with Gasteiger partial charge in [-0.3, -0.25) is 4.98 Å². The highest BCUT2D eigenvalue weighted by molar-refractivity contribution is 5.97. The lowest BCUT2D eigenvalue weighted by atomic mass is 9.81. The smallest absolute Gasteiger partial charge is 0.339 e. The van der Waals surface area contributed by atoms with Gasteiger partial charge in [0.05, 0.1) is 5.52 Å². The van der Waals surface area contributed by atoms with E-state index in [1.54, 1.807) is 13.1 Å². The van der Waals surface area contributed by atoms with Crippen LogP contribution in [0, 0.1) is 6.92 Å². The minimum Gasteiger partial charge on any atom is -0.507 e. The number of phenols is 1. The highest BCUT2D eigenvalue weighted by Gasteiger charge is 2.26. The van der Waals surface area contributed by atoms with E-state index < -0.39 is 5.97 Å². The van der Waals surface area contributed by atoms with E-state index in [1.165, 1.54) is 0 Å². The molecule has 0 saturated heterocycles. The van der Waals surface area contributed by atoms with Gasteiger partial charge in [-0.05, 0) is 53.3 Å². The van der Waals surface area contributed by atoms with E-state index in [2.05, 4.69) is 4.98 Å². The molecule has 0 amide bonds. The number of carboxylic acids is 1. The van der Waals surface area contributed by atoms with E-state index in [-0.39, 0.29) is 16.7 Å². The van der Waals surface area contributed by atoms with Crippen molar-refractivity contribution in [3.8, 4) is 16.9 Å². The number of hydrogen-bond donors (Lipinski definition) is 2. The van der Waals surface area contributed by atoms with Gasteiger partial charge in [-0.2, -0.15) is 0 Å². The monoisotopic (exact) mass is 335 g/mol. The summed E-state index contributed by atoms with van der Waals surface area (Å²) in [6, 6.07) is 11.6. The number of fused-ring (bicyclic) bond motifs is 1. The number of hydrogen-bond acceptors (Lipinski definition) is 3. The molecule has 128 valence electrons. The van der Waals surface area contributed by atoms with Crippen LogP contribution in [0.15, 0.2) is 42.6 Å². The fourth-order valence-corrected chi connectivity index (χ4v) is 3.14. The number of aromatic nitrogens is 1. The first-order valence-electron chi connectivity index (χ1n) is 8.15. The Morgan fingerprint density at radius 3 is 2.48 bits per heavy atom. The normalized spacial score (nSPS) is 11.7. The number of carbonyl (C=O) groups is 1. The molecular formula is C21H21NO3. The van der Waals surface area contributed by atoms with Crippen LogP contribution in [-0.4, -0.2) is 21.2 Å². The molecule has 1 heterocycles. The highest BCUT2D eigenvalue weighted by atomic mass is 16.4. The Labute approximate surface area is 146 Å². The molecule has 3 aromatic rings. The van der Waals surface area contributed by atoms with Crippen LogP contribution in [0.4, 0.5) is 0 Å². The van der Waals surface area contributed by atoms with Gasteiger partial charge in [0, 0.05) is 17.1 Å². The Balaban J connectivity index is 2.34. The van der Waals surface area contributed by atoms with Crippen molar-refractivity contribution in [3.05, 3.63) is 59.3 Å². The topological polar surface area (TPSA) is 70.4 Å². The molecule has 0 aliphatic carbocycles. The second-order valence-corrected chi connectivity index (χ2v) is 7.29. The van der Waals surface area contributed by atoms with Gasteiger partial charge < -0.3 is 10.2 Å². The third kappa shape index (κ3) is 2.95. The number of benzene rings is 2. The zero-order valence-corrected chi connectivity index (χ0v) is 14.8. The molecule has 25 heavy (non-hydrogen) atoms. The number of carboxylic acid groups (broad SMARTS) is 1. The van der Waals surface area contributed by atoms with E-state index in [4.69, 9.17) is 0 Å². The molecule has 4 nitrogen and oxygen atoms in total. The standard InChI is InChI=1S/C21H21NO3/c1-12-15(13-7-8-17-14(10-13)6-5-9-22-17)11-16(21(2,3)4)19(23)18(12)20(24)25/h5-11,23H,1-4H3,(H,24,25). The summed E-state index contributed by atoms with van der Waals surface area (Å²) >= 11 is 0. The first-order valence-corrected chi connectivity index (χ1v) is 8.15. The van der Waals surface area contributed by atoms with Crippen molar-refractivity contribution in [2.24, 2.45) is 0 Å². The molecule has 0 unspecified atom stereocenters. The molecule has 2 aromatic carbocycles. The highest BCUT2D eigenvalue weighted by Crippen LogP contribution is 2.40. The van der Waals surface area contributed by atoms with Gasteiger partial charge in [0.2, 0.25) is 0 Å². The number of pyridine rings is 1. The van der Waals surface area contributed by atoms with Crippen molar-refractivity contribution >= 4 is 16.9 Å². The Hall–Kier alpha value is -2.88. The molecule has 3 rings (SSSR count). The van der Waals surface area contributed by atoms with E-state index in [1.807, 2.05) is 57.2 Å². The number of aromatic hydroxyl groups is 1. The molecule has 0 saturated carbocycles. The molecule has 0 fully saturated rings. The van der Waals surface area contributed by atoms with Crippen molar-refractivity contribution in [1.29, 1.82) is 0 Å². The van der Waals surface area contributed by atoms with Crippen LogP contribution in [0.25, 0.3) is 22.0 Å². The fraction of sp³-hybridized carbons (Fsp3) is 0.238. The zero-order valence-electron chi connectivity index (χ0n) is 14.8. The van der Waals surface area contributed by atoms with Crippen molar-refractivity contribution in [2.45, 2.75) is 33.1 Å². The van der Waals surface area contributed by atoms with Crippen molar-refractivity contribution in [3.63, 3.8) is 0 Å². The average molecular weight is 335 g/mol. The maximum Gasteiger partial charge on any atom is 0.339 e. The van der Waals surface area contributed by atoms with Gasteiger partial charge in [-0.15, -0.1) is 0 Å². The van der Waals surface area contributed by atoms with Crippen LogP contribution in [0.1, 0.15) is 42.3 Å². The number of aromatic carboxylic acids is 1. The Morgan fingerprint density at radius 2 is 1.84 bits per heavy atom. The van der Waals surface area contributed by atoms with E-state index in [0.717, 1.165) is 22.0 Å². The predicted octanol–water partition coefficient (Wildman–Crippen LogP) is 4.91. The summed E-state index contributed by atoms with van der Waals surface area (Å²) in [5.74, 6) is -1.27. The summed E-state index contributed by atoms with van der Waals surface area (Å²) in [6.07, 6.45) is 1.74.